The molecule has 0 aliphatic rings. The van der Waals surface area contributed by atoms with Crippen LogP contribution in [-0.2, 0) is 9.59 Å². The number of aromatic hydroxyl groups is 1. The van der Waals surface area contributed by atoms with Crippen molar-refractivity contribution in [3.05, 3.63) is 401 Å². The highest BCUT2D eigenvalue weighted by atomic mass is 79.9. The molecule has 23 rings (SSSR count). The molecule has 0 saturated heterocycles. The van der Waals surface area contributed by atoms with Crippen LogP contribution in [0.4, 0.5) is 17.1 Å². The molecule has 1 amide bonds. The predicted molar refractivity (Wildman–Crippen MR) is 556 cm³/mol. The molecule has 5 N–H and O–H groups in total. The van der Waals surface area contributed by atoms with Gasteiger partial charge in [-0.15, -0.1) is 79.4 Å². The molecule has 0 aliphatic heterocycles. The molecule has 0 bridgehead atoms. The molecule has 0 saturated carbocycles. The number of nitrogens with two attached hydrogens (primary N) is 1. The van der Waals surface area contributed by atoms with Crippen LogP contribution in [0, 0.1) is 44.7 Å². The standard InChI is InChI=1S/C16H13NOS.C16H11NS.C15H11NO2S.C15H9NOS.C15H13NS.C15H12S.C8H6BO2S.C6H5Br.CH2O/c1-11-6-8-12(9-7-11)16-15(17-10-18)13-4-2-3-5-14(13)19-16;1-10-6-7-12-11(8-10)9-17-15-13-4-2-3-5-14(13)18-16(12)15;1-10-6-8-11(9-7-10)15-14(16(17)18)12-4-2-3-5-13(12)19-15;17-10-5-6-11-9(7-10)8-16-14-12-3-1-2-4-13(12)18-15(11)14;1-10-6-8-11(9-7-10)15-14(16)12-4-2-3-5-13(12)17-15;1-11-6-8-12(9-7-11)15-10-13-4-2-3-5-14(13)16-15;10-9-11-8-5-6-3-1-2-4-7(6)12-8;7-6-4-2-1-3-5-6;1-2/h2-10H,1H3,(H,17,18);2-9H,1H3;2-9H,1H3;1-8,17H;2-9H,16H2,1H3;2-10H,1H3;1-5,10H;1-5H;1H2. The molecule has 128 heavy (non-hydrogen) atoms. The van der Waals surface area contributed by atoms with E-state index >= 15 is 0 Å². The summed E-state index contributed by atoms with van der Waals surface area (Å²) in [4.78, 5) is 43.5. The Balaban J connectivity index is 0.000000113. The van der Waals surface area contributed by atoms with Gasteiger partial charge in [0.05, 0.1) is 51.9 Å². The molecule has 23 aromatic rings. The summed E-state index contributed by atoms with van der Waals surface area (Å²) in [5.41, 5.74) is 21.2. The lowest BCUT2D eigenvalue weighted by Crippen LogP contribution is -1.97. The van der Waals surface area contributed by atoms with Crippen molar-refractivity contribution in [2.75, 3.05) is 11.1 Å². The van der Waals surface area contributed by atoms with Crippen molar-refractivity contribution in [1.29, 1.82) is 0 Å². The van der Waals surface area contributed by atoms with Crippen molar-refractivity contribution < 1.29 is 29.3 Å². The number of halogens is 1. The van der Waals surface area contributed by atoms with Gasteiger partial charge >= 0.3 is 7.69 Å². The first-order chi connectivity index (χ1) is 62.5. The first-order valence-corrected chi connectivity index (χ1v) is 47.1. The zero-order chi connectivity index (χ0) is 89.2. The van der Waals surface area contributed by atoms with Crippen LogP contribution in [0.15, 0.2) is 363 Å². The van der Waals surface area contributed by atoms with Gasteiger partial charge in [0.2, 0.25) is 6.41 Å². The number of nitrogens with one attached hydrogen (secondary N) is 1. The molecule has 9 heterocycles. The molecule has 0 spiro atoms. The average molecular weight is 1870 g/mol. The summed E-state index contributed by atoms with van der Waals surface area (Å²) in [6, 6.07) is 117. The smallest absolute Gasteiger partial charge is 0.530 e. The predicted octanol–water partition coefficient (Wildman–Crippen LogP) is 31.9. The van der Waals surface area contributed by atoms with Gasteiger partial charge in [-0.05, 0) is 165 Å². The van der Waals surface area contributed by atoms with Gasteiger partial charge in [-0.25, -0.2) is 0 Å². The van der Waals surface area contributed by atoms with Crippen molar-refractivity contribution in [1.82, 2.24) is 9.97 Å². The third-order valence-electron chi connectivity index (χ3n) is 20.7. The summed E-state index contributed by atoms with van der Waals surface area (Å²) in [5, 5.41) is 45.4. The number of phenolic OH excluding ortho intramolecular Hbond substituents is 1. The summed E-state index contributed by atoms with van der Waals surface area (Å²) in [6.07, 6.45) is 4.56. The van der Waals surface area contributed by atoms with Gasteiger partial charge in [-0.1, -0.05) is 292 Å². The van der Waals surface area contributed by atoms with Crippen LogP contribution in [0.3, 0.4) is 0 Å². The van der Waals surface area contributed by atoms with Crippen LogP contribution in [0.25, 0.3) is 154 Å². The minimum Gasteiger partial charge on any atom is -0.530 e. The fraction of sp³-hybridized carbons (Fsp3) is 0.0467. The quantitative estimate of drug-likeness (QED) is 0.0468. The van der Waals surface area contributed by atoms with E-state index in [0.717, 1.165) is 96.1 Å². The number of nitrogens with zero attached hydrogens (tertiary/aromatic N) is 3. The summed E-state index contributed by atoms with van der Waals surface area (Å²) >= 11 is 15.2. The van der Waals surface area contributed by atoms with E-state index < -0.39 is 0 Å². The number of phenols is 1. The highest BCUT2D eigenvalue weighted by Gasteiger charge is 2.24. The van der Waals surface area contributed by atoms with E-state index in [-0.39, 0.29) is 16.4 Å². The Hall–Kier alpha value is -13.4. The minimum atomic E-state index is -0.284. The zero-order valence-electron chi connectivity index (χ0n) is 70.0. The maximum absolute atomic E-state index is 11.3. The van der Waals surface area contributed by atoms with E-state index in [0.29, 0.717) is 18.1 Å². The van der Waals surface area contributed by atoms with Gasteiger partial charge in [0.1, 0.15) is 17.4 Å². The fourth-order valence-corrected chi connectivity index (χ4v) is 22.5. The average Bonchev–Trinajstić information content (AvgIpc) is 1.61. The fourth-order valence-electron chi connectivity index (χ4n) is 14.4. The molecular formula is C107H82BBrN5O7S7. The third-order valence-corrected chi connectivity index (χ3v) is 29.5. The van der Waals surface area contributed by atoms with Gasteiger partial charge in [0.15, 0.2) is 5.06 Å². The number of aryl methyl sites for hydroxylation is 5. The molecule has 0 aliphatic carbocycles. The van der Waals surface area contributed by atoms with Crippen LogP contribution >= 0.6 is 95.3 Å². The Morgan fingerprint density at radius 1 is 0.398 bits per heavy atom. The molecule has 9 aromatic heterocycles. The number of fused-ring (bicyclic) bond motifs is 15. The summed E-state index contributed by atoms with van der Waals surface area (Å²) < 4.78 is 16.9. The maximum Gasteiger partial charge on any atom is 0.569 e. The summed E-state index contributed by atoms with van der Waals surface area (Å²) in [5.74, 6) is 0.282. The Morgan fingerprint density at radius 2 is 0.789 bits per heavy atom. The Morgan fingerprint density at radius 3 is 1.27 bits per heavy atom. The second-order valence-electron chi connectivity index (χ2n) is 29.6. The van der Waals surface area contributed by atoms with Gasteiger partial charge in [-0.2, -0.15) is 0 Å². The number of benzene rings is 14. The van der Waals surface area contributed by atoms with Gasteiger partial charge in [0.25, 0.3) is 5.69 Å². The Labute approximate surface area is 777 Å². The molecule has 21 heteroatoms. The number of nitro groups is 1. The number of amides is 1. The van der Waals surface area contributed by atoms with E-state index in [4.69, 9.17) is 20.2 Å². The molecule has 0 unspecified atom stereocenters. The SMILES string of the molecule is Brc1ccccc1.C=O.Cc1ccc(-c2cc3ccccc3s2)cc1.Cc1ccc(-c2sc3ccccc3c2N)cc1.Cc1ccc(-c2sc3ccccc3c2NC=O)cc1.Cc1ccc(-c2sc3ccccc3c2[N+](=O)[O-])cc1.Cc1ccc2c(cnc3c4ccccc4sc23)c1.O[B]Oc1cc2ccccc2s1.Oc1ccc2c(cnc3c4ccccc4sc23)c1. The molecule has 0 fully saturated rings. The zero-order valence-corrected chi connectivity index (χ0v) is 77.3. The molecule has 12 nitrogen and oxygen atoms in total. The van der Waals surface area contributed by atoms with Crippen LogP contribution < -0.4 is 15.7 Å². The van der Waals surface area contributed by atoms with E-state index in [1.807, 2.05) is 200 Å². The number of hydrogen-bond acceptors (Lipinski definition) is 17. The van der Waals surface area contributed by atoms with Crippen molar-refractivity contribution in [2.45, 2.75) is 34.6 Å². The lowest BCUT2D eigenvalue weighted by Gasteiger charge is -2.03. The van der Waals surface area contributed by atoms with E-state index in [9.17, 15) is 20.0 Å². The third kappa shape index (κ3) is 21.1. The molecule has 14 aromatic carbocycles. The van der Waals surface area contributed by atoms with Crippen LogP contribution in [-0.4, -0.2) is 45.9 Å². The van der Waals surface area contributed by atoms with Gasteiger partial charge < -0.3 is 30.6 Å². The van der Waals surface area contributed by atoms with Crippen molar-refractivity contribution >= 4 is 246 Å². The van der Waals surface area contributed by atoms with Gasteiger partial charge in [0, 0.05) is 97.7 Å². The second-order valence-corrected chi connectivity index (χ2v) is 37.9. The summed E-state index contributed by atoms with van der Waals surface area (Å²) in [6.45, 7) is 12.4. The number of carbonyl (C=O) groups is 2. The van der Waals surface area contributed by atoms with Crippen molar-refractivity contribution in [3.8, 4) is 52.6 Å². The number of aromatic nitrogens is 2. The minimum absolute atomic E-state index is 0.212. The number of hydrogen-bond donors (Lipinski definition) is 4. The topological polar surface area (TPSA) is 191 Å². The maximum atomic E-state index is 11.3. The van der Waals surface area contributed by atoms with E-state index in [2.05, 4.69) is 241 Å². The Kier molecular flexibility index (Phi) is 29.5. The molecular weight excluding hydrogens is 1780 g/mol. The lowest BCUT2D eigenvalue weighted by molar-refractivity contribution is -0.382. The monoisotopic (exact) mass is 1860 g/mol. The molecule has 0 atom stereocenters. The normalized spacial score (nSPS) is 10.7. The largest absolute Gasteiger partial charge is 0.569 e. The van der Waals surface area contributed by atoms with Crippen LogP contribution in [0.5, 0.6) is 10.8 Å². The van der Waals surface area contributed by atoms with Crippen molar-refractivity contribution in [3.63, 3.8) is 0 Å². The number of thiophene rings is 7. The number of rotatable bonds is 9. The summed E-state index contributed by atoms with van der Waals surface area (Å²) in [7, 11) is 0.699. The molecule has 1 radical (unpaired) electrons. The second kappa shape index (κ2) is 42.3. The van der Waals surface area contributed by atoms with Gasteiger partial charge in [-0.3, -0.25) is 24.9 Å². The number of anilines is 2. The van der Waals surface area contributed by atoms with Crippen molar-refractivity contribution in [2.24, 2.45) is 0 Å². The first kappa shape index (κ1) is 89.4. The lowest BCUT2D eigenvalue weighted by atomic mass is 10.1. The first-order valence-electron chi connectivity index (χ1n) is 40.6. The van der Waals surface area contributed by atoms with E-state index in [1.165, 1.54) is 126 Å². The van der Waals surface area contributed by atoms with Crippen LogP contribution in [0.2, 0.25) is 0 Å². The number of carbonyl (C=O) groups excluding carboxylic acids is 2. The Bertz CT molecular complexity index is 7570. The van der Waals surface area contributed by atoms with Crippen LogP contribution in [0.1, 0.15) is 27.8 Å². The highest BCUT2D eigenvalue weighted by Crippen LogP contribution is 2.47. The highest BCUT2D eigenvalue weighted by molar-refractivity contribution is 9.10. The molecule has 629 valence electrons. The number of pyridine rings is 2. The number of nitrogen functional groups attached to an aromatic ring is 1. The van der Waals surface area contributed by atoms with E-state index in [1.54, 1.807) is 46.1 Å².